The average Bonchev–Trinajstić information content (AvgIpc) is 2.46. The fraction of sp³-hybridized carbons (Fsp3) is 0.643. The Morgan fingerprint density at radius 3 is 2.90 bits per heavy atom. The lowest BCUT2D eigenvalue weighted by molar-refractivity contribution is -0.121. The second-order valence-corrected chi connectivity index (χ2v) is 5.32. The van der Waals surface area contributed by atoms with Crippen LogP contribution in [0.25, 0.3) is 0 Å². The van der Waals surface area contributed by atoms with Crippen molar-refractivity contribution in [3.8, 4) is 0 Å². The lowest BCUT2D eigenvalue weighted by atomic mass is 10.1. The van der Waals surface area contributed by atoms with Gasteiger partial charge in [-0.15, -0.1) is 0 Å². The van der Waals surface area contributed by atoms with Gasteiger partial charge >= 0.3 is 0 Å². The minimum absolute atomic E-state index is 0.0616. The molecule has 0 spiro atoms. The molecule has 1 N–H and O–H groups in total. The Morgan fingerprint density at radius 2 is 2.20 bits per heavy atom. The maximum Gasteiger partial charge on any atom is 0.225 e. The average molecular weight is 278 g/mol. The molecule has 1 aliphatic rings. The van der Waals surface area contributed by atoms with Gasteiger partial charge in [-0.05, 0) is 12.0 Å². The second-order valence-electron chi connectivity index (χ2n) is 5.32. The highest BCUT2D eigenvalue weighted by Crippen LogP contribution is 2.09. The summed E-state index contributed by atoms with van der Waals surface area (Å²) in [7, 11) is 0. The van der Waals surface area contributed by atoms with Crippen LogP contribution >= 0.6 is 0 Å². The molecule has 0 aliphatic carbocycles. The molecule has 6 heteroatoms. The highest BCUT2D eigenvalue weighted by Gasteiger charge is 2.14. The van der Waals surface area contributed by atoms with E-state index in [-0.39, 0.29) is 5.91 Å². The fourth-order valence-corrected chi connectivity index (χ4v) is 2.03. The van der Waals surface area contributed by atoms with Crippen LogP contribution in [0, 0.1) is 5.92 Å². The molecule has 1 amide bonds. The minimum Gasteiger partial charge on any atom is -0.378 e. The number of morpholine rings is 1. The van der Waals surface area contributed by atoms with Gasteiger partial charge in [0, 0.05) is 25.7 Å². The summed E-state index contributed by atoms with van der Waals surface area (Å²) < 4.78 is 5.31. The fourth-order valence-electron chi connectivity index (χ4n) is 2.03. The van der Waals surface area contributed by atoms with Crippen molar-refractivity contribution in [1.82, 2.24) is 15.3 Å². The number of carbonyl (C=O) groups excluding carboxylic acids is 1. The van der Waals surface area contributed by atoms with Crippen LogP contribution in [0.4, 0.5) is 5.95 Å². The molecule has 1 aliphatic heterocycles. The van der Waals surface area contributed by atoms with Crippen LogP contribution in [0.15, 0.2) is 12.3 Å². The molecule has 0 atom stereocenters. The predicted molar refractivity (Wildman–Crippen MR) is 76.4 cm³/mol. The molecular weight excluding hydrogens is 256 g/mol. The van der Waals surface area contributed by atoms with E-state index in [2.05, 4.69) is 20.2 Å². The molecule has 0 bridgehead atoms. The van der Waals surface area contributed by atoms with E-state index in [1.165, 1.54) is 0 Å². The molecule has 1 saturated heterocycles. The van der Waals surface area contributed by atoms with Crippen molar-refractivity contribution in [2.45, 2.75) is 26.8 Å². The second kappa shape index (κ2) is 7.19. The van der Waals surface area contributed by atoms with Crippen LogP contribution in [-0.4, -0.2) is 42.2 Å². The summed E-state index contributed by atoms with van der Waals surface area (Å²) >= 11 is 0. The summed E-state index contributed by atoms with van der Waals surface area (Å²) in [5, 5.41) is 2.89. The first-order valence-corrected chi connectivity index (χ1v) is 7.06. The number of carbonyl (C=O) groups is 1. The number of nitrogens with one attached hydrogen (secondary N) is 1. The van der Waals surface area contributed by atoms with Crippen molar-refractivity contribution >= 4 is 11.9 Å². The molecule has 0 aromatic carbocycles. The third-order valence-electron chi connectivity index (χ3n) is 3.05. The third kappa shape index (κ3) is 4.45. The number of anilines is 1. The van der Waals surface area contributed by atoms with Gasteiger partial charge < -0.3 is 15.0 Å². The van der Waals surface area contributed by atoms with Crippen LogP contribution in [0.5, 0.6) is 0 Å². The zero-order valence-electron chi connectivity index (χ0n) is 12.1. The highest BCUT2D eigenvalue weighted by atomic mass is 16.5. The molecule has 0 unspecified atom stereocenters. The van der Waals surface area contributed by atoms with Crippen molar-refractivity contribution in [2.75, 3.05) is 31.2 Å². The Hall–Kier alpha value is -1.69. The lowest BCUT2D eigenvalue weighted by Crippen LogP contribution is -2.37. The van der Waals surface area contributed by atoms with Crippen LogP contribution in [-0.2, 0) is 16.1 Å². The van der Waals surface area contributed by atoms with E-state index in [0.717, 1.165) is 18.8 Å². The van der Waals surface area contributed by atoms with Crippen molar-refractivity contribution in [2.24, 2.45) is 5.92 Å². The monoisotopic (exact) mass is 278 g/mol. The van der Waals surface area contributed by atoms with Gasteiger partial charge in [0.25, 0.3) is 0 Å². The Balaban J connectivity index is 1.90. The molecule has 1 aromatic rings. The Kier molecular flexibility index (Phi) is 5.29. The largest absolute Gasteiger partial charge is 0.378 e. The maximum atomic E-state index is 11.6. The van der Waals surface area contributed by atoms with Crippen molar-refractivity contribution < 1.29 is 9.53 Å². The van der Waals surface area contributed by atoms with E-state index in [9.17, 15) is 4.79 Å². The Morgan fingerprint density at radius 1 is 1.45 bits per heavy atom. The molecule has 0 saturated carbocycles. The third-order valence-corrected chi connectivity index (χ3v) is 3.05. The molecule has 2 rings (SSSR count). The van der Waals surface area contributed by atoms with Gasteiger partial charge in [0.05, 0.1) is 25.5 Å². The Bertz CT molecular complexity index is 445. The lowest BCUT2D eigenvalue weighted by Gasteiger charge is -2.26. The topological polar surface area (TPSA) is 67.4 Å². The highest BCUT2D eigenvalue weighted by molar-refractivity contribution is 5.75. The molecule has 1 fully saturated rings. The zero-order chi connectivity index (χ0) is 14.4. The molecule has 2 heterocycles. The molecule has 0 radical (unpaired) electrons. The van der Waals surface area contributed by atoms with Crippen LogP contribution in [0.1, 0.15) is 26.0 Å². The predicted octanol–water partition coefficient (Wildman–Crippen LogP) is 0.975. The van der Waals surface area contributed by atoms with Gasteiger partial charge in [0.2, 0.25) is 11.9 Å². The van der Waals surface area contributed by atoms with E-state index in [1.807, 2.05) is 19.9 Å². The van der Waals surface area contributed by atoms with Gasteiger partial charge in [-0.3, -0.25) is 4.79 Å². The summed E-state index contributed by atoms with van der Waals surface area (Å²) in [6.45, 7) is 7.54. The van der Waals surface area contributed by atoms with Gasteiger partial charge in [0.15, 0.2) is 0 Å². The maximum absolute atomic E-state index is 11.6. The number of rotatable bonds is 5. The van der Waals surface area contributed by atoms with E-state index in [0.29, 0.717) is 38.0 Å². The smallest absolute Gasteiger partial charge is 0.225 e. The summed E-state index contributed by atoms with van der Waals surface area (Å²) in [6, 6.07) is 1.83. The molecule has 1 aromatic heterocycles. The summed E-state index contributed by atoms with van der Waals surface area (Å²) in [5.41, 5.74) is 0.832. The minimum atomic E-state index is 0.0616. The first-order valence-electron chi connectivity index (χ1n) is 7.06. The van der Waals surface area contributed by atoms with E-state index in [1.54, 1.807) is 6.20 Å². The van der Waals surface area contributed by atoms with E-state index >= 15 is 0 Å². The molecule has 20 heavy (non-hydrogen) atoms. The number of nitrogens with zero attached hydrogens (tertiary/aromatic N) is 3. The van der Waals surface area contributed by atoms with Crippen LogP contribution in [0.2, 0.25) is 0 Å². The quantitative estimate of drug-likeness (QED) is 0.869. The van der Waals surface area contributed by atoms with Crippen molar-refractivity contribution in [3.05, 3.63) is 18.0 Å². The molecular formula is C14H22N4O2. The first kappa shape index (κ1) is 14.7. The Labute approximate surface area is 119 Å². The van der Waals surface area contributed by atoms with Gasteiger partial charge in [-0.25, -0.2) is 9.97 Å². The van der Waals surface area contributed by atoms with Gasteiger partial charge in [0.1, 0.15) is 0 Å². The molecule has 110 valence electrons. The normalized spacial score (nSPS) is 15.4. The van der Waals surface area contributed by atoms with E-state index in [4.69, 9.17) is 4.74 Å². The van der Waals surface area contributed by atoms with Gasteiger partial charge in [-0.2, -0.15) is 0 Å². The standard InChI is InChI=1S/C14H22N4O2/c1-11(2)9-13(19)16-10-12-3-4-15-14(17-12)18-5-7-20-8-6-18/h3-4,11H,5-10H2,1-2H3,(H,16,19). The van der Waals surface area contributed by atoms with Crippen molar-refractivity contribution in [3.63, 3.8) is 0 Å². The van der Waals surface area contributed by atoms with E-state index < -0.39 is 0 Å². The molecule has 6 nitrogen and oxygen atoms in total. The summed E-state index contributed by atoms with van der Waals surface area (Å²) in [5.74, 6) is 1.14. The summed E-state index contributed by atoms with van der Waals surface area (Å²) in [4.78, 5) is 22.5. The number of ether oxygens (including phenoxy) is 1. The number of hydrogen-bond donors (Lipinski definition) is 1. The van der Waals surface area contributed by atoms with Crippen molar-refractivity contribution in [1.29, 1.82) is 0 Å². The number of hydrogen-bond acceptors (Lipinski definition) is 5. The first-order chi connectivity index (χ1) is 9.65. The number of amides is 1. The van der Waals surface area contributed by atoms with Gasteiger partial charge in [-0.1, -0.05) is 13.8 Å². The number of aromatic nitrogens is 2. The SMILES string of the molecule is CC(C)CC(=O)NCc1ccnc(N2CCOCC2)n1. The summed E-state index contributed by atoms with van der Waals surface area (Å²) in [6.07, 6.45) is 2.28. The van der Waals surface area contributed by atoms with Crippen LogP contribution < -0.4 is 10.2 Å². The zero-order valence-corrected chi connectivity index (χ0v) is 12.1. The van der Waals surface area contributed by atoms with Crippen LogP contribution in [0.3, 0.4) is 0 Å².